The fourth-order valence-electron chi connectivity index (χ4n) is 1.75. The molecule has 1 amide bonds. The second kappa shape index (κ2) is 10.9. The van der Waals surface area contributed by atoms with E-state index in [1.54, 1.807) is 0 Å². The van der Waals surface area contributed by atoms with Gasteiger partial charge in [-0.25, -0.2) is 0 Å². The first-order valence-corrected chi connectivity index (χ1v) is 6.25. The molecule has 20 heavy (non-hydrogen) atoms. The Morgan fingerprint density at radius 1 is 1.25 bits per heavy atom. The number of hydrogen-bond acceptors (Lipinski definition) is 3. The molecule has 116 valence electrons. The van der Waals surface area contributed by atoms with Gasteiger partial charge in [0.25, 0.3) is 0 Å². The number of nitrogens with one attached hydrogen (secondary N) is 1. The number of nitrogens with two attached hydrogens (primary N) is 1. The highest BCUT2D eigenvalue weighted by Gasteiger charge is 2.16. The Morgan fingerprint density at radius 2 is 1.80 bits per heavy atom. The van der Waals surface area contributed by atoms with Crippen molar-refractivity contribution in [3.8, 4) is 0 Å². The zero-order valence-electron chi connectivity index (χ0n) is 12.2. The summed E-state index contributed by atoms with van der Waals surface area (Å²) in [6.07, 6.45) is 0. The van der Waals surface area contributed by atoms with Gasteiger partial charge < -0.3 is 16.0 Å². The van der Waals surface area contributed by atoms with E-state index < -0.39 is 0 Å². The van der Waals surface area contributed by atoms with Crippen molar-refractivity contribution in [1.29, 1.82) is 0 Å². The third-order valence-corrected chi connectivity index (χ3v) is 3.08. The molecule has 6 heteroatoms. The molecule has 1 aromatic rings. The van der Waals surface area contributed by atoms with Crippen molar-refractivity contribution in [1.82, 2.24) is 10.2 Å². The molecular formula is C14H25Cl2N3O. The van der Waals surface area contributed by atoms with Gasteiger partial charge in [0.05, 0.1) is 6.04 Å². The zero-order chi connectivity index (χ0) is 13.5. The Balaban J connectivity index is 0. The van der Waals surface area contributed by atoms with Crippen molar-refractivity contribution in [2.24, 2.45) is 11.7 Å². The van der Waals surface area contributed by atoms with Gasteiger partial charge in [-0.3, -0.25) is 4.79 Å². The second-order valence-corrected chi connectivity index (χ2v) is 4.77. The van der Waals surface area contributed by atoms with Crippen LogP contribution in [0.5, 0.6) is 0 Å². The van der Waals surface area contributed by atoms with Crippen LogP contribution >= 0.6 is 24.8 Å². The number of likely N-dealkylation sites (N-methyl/N-ethyl adjacent to an activating group) is 1. The predicted octanol–water partition coefficient (Wildman–Crippen LogP) is 1.84. The maximum atomic E-state index is 11.7. The molecule has 0 saturated heterocycles. The Bertz CT molecular complexity index is 374. The number of carbonyl (C=O) groups excluding carboxylic acids is 1. The lowest BCUT2D eigenvalue weighted by Crippen LogP contribution is -2.38. The molecule has 3 N–H and O–H groups in total. The van der Waals surface area contributed by atoms with Gasteiger partial charge >= 0.3 is 0 Å². The Kier molecular flexibility index (Phi) is 11.7. The van der Waals surface area contributed by atoms with Crippen LogP contribution in [0.1, 0.15) is 18.5 Å². The largest absolute Gasteiger partial charge is 0.354 e. The van der Waals surface area contributed by atoms with Crippen molar-refractivity contribution in [2.75, 3.05) is 27.2 Å². The molecule has 0 aliphatic carbocycles. The average Bonchev–Trinajstić information content (AvgIpc) is 2.38. The minimum absolute atomic E-state index is 0. The minimum atomic E-state index is -0.136. The summed E-state index contributed by atoms with van der Waals surface area (Å²) in [5.41, 5.74) is 6.68. The number of amides is 1. The summed E-state index contributed by atoms with van der Waals surface area (Å²) in [6, 6.07) is 10.3. The Morgan fingerprint density at radius 3 is 2.25 bits per heavy atom. The van der Waals surface area contributed by atoms with E-state index >= 15 is 0 Å². The van der Waals surface area contributed by atoms with Crippen molar-refractivity contribution < 1.29 is 4.79 Å². The lowest BCUT2D eigenvalue weighted by molar-refractivity contribution is -0.124. The van der Waals surface area contributed by atoms with E-state index in [0.29, 0.717) is 13.1 Å². The molecule has 0 bridgehead atoms. The van der Waals surface area contributed by atoms with Crippen LogP contribution < -0.4 is 11.1 Å². The molecular weight excluding hydrogens is 297 g/mol. The van der Waals surface area contributed by atoms with E-state index in [-0.39, 0.29) is 42.7 Å². The topological polar surface area (TPSA) is 58.4 Å². The molecule has 0 radical (unpaired) electrons. The number of carbonyl (C=O) groups is 1. The van der Waals surface area contributed by atoms with Crippen LogP contribution in [0.3, 0.4) is 0 Å². The molecule has 0 aliphatic rings. The minimum Gasteiger partial charge on any atom is -0.354 e. The van der Waals surface area contributed by atoms with Crippen LogP contribution in [-0.4, -0.2) is 38.0 Å². The van der Waals surface area contributed by atoms with E-state index in [9.17, 15) is 4.79 Å². The average molecular weight is 322 g/mol. The zero-order valence-corrected chi connectivity index (χ0v) is 13.8. The third-order valence-electron chi connectivity index (χ3n) is 3.08. The first kappa shape index (κ1) is 21.5. The molecule has 4 nitrogen and oxygen atoms in total. The molecule has 2 atom stereocenters. The lowest BCUT2D eigenvalue weighted by Gasteiger charge is -2.25. The summed E-state index contributed by atoms with van der Waals surface area (Å²) in [5.74, 6) is -0.121. The monoisotopic (exact) mass is 321 g/mol. The molecule has 1 aromatic carbocycles. The number of benzene rings is 1. The van der Waals surface area contributed by atoms with Gasteiger partial charge in [0.2, 0.25) is 5.91 Å². The van der Waals surface area contributed by atoms with Crippen molar-refractivity contribution in [3.63, 3.8) is 0 Å². The van der Waals surface area contributed by atoms with E-state index in [0.717, 1.165) is 0 Å². The number of hydrogen-bond donors (Lipinski definition) is 2. The summed E-state index contributed by atoms with van der Waals surface area (Å²) < 4.78 is 0. The highest BCUT2D eigenvalue weighted by atomic mass is 35.5. The highest BCUT2D eigenvalue weighted by molar-refractivity contribution is 5.85. The van der Waals surface area contributed by atoms with E-state index in [1.807, 2.05) is 39.2 Å². The summed E-state index contributed by atoms with van der Waals surface area (Å²) in [6.45, 7) is 2.81. The molecule has 0 spiro atoms. The second-order valence-electron chi connectivity index (χ2n) is 4.77. The molecule has 0 aliphatic heterocycles. The Labute approximate surface area is 133 Å². The SMILES string of the molecule is CC(CN)C(=O)NCC(c1ccccc1)N(C)C.Cl.Cl. The van der Waals surface area contributed by atoms with Gasteiger partial charge in [0, 0.05) is 19.0 Å². The van der Waals surface area contributed by atoms with E-state index in [2.05, 4.69) is 22.3 Å². The van der Waals surface area contributed by atoms with Crippen LogP contribution in [0.15, 0.2) is 30.3 Å². The Hall–Kier alpha value is -0.810. The summed E-state index contributed by atoms with van der Waals surface area (Å²) >= 11 is 0. The fourth-order valence-corrected chi connectivity index (χ4v) is 1.75. The molecule has 0 saturated carbocycles. The van der Waals surface area contributed by atoms with Gasteiger partial charge in [-0.2, -0.15) is 0 Å². The molecule has 0 aromatic heterocycles. The van der Waals surface area contributed by atoms with Crippen molar-refractivity contribution in [2.45, 2.75) is 13.0 Å². The van der Waals surface area contributed by atoms with Crippen LogP contribution in [-0.2, 0) is 4.79 Å². The van der Waals surface area contributed by atoms with Crippen LogP contribution in [0.4, 0.5) is 0 Å². The predicted molar refractivity (Wildman–Crippen MR) is 88.6 cm³/mol. The quantitative estimate of drug-likeness (QED) is 0.840. The van der Waals surface area contributed by atoms with E-state index in [1.165, 1.54) is 5.56 Å². The first-order valence-electron chi connectivity index (χ1n) is 6.25. The molecule has 1 rings (SSSR count). The van der Waals surface area contributed by atoms with Crippen molar-refractivity contribution >= 4 is 30.7 Å². The summed E-state index contributed by atoms with van der Waals surface area (Å²) in [5, 5.41) is 2.95. The van der Waals surface area contributed by atoms with Crippen LogP contribution in [0.2, 0.25) is 0 Å². The molecule has 0 fully saturated rings. The third kappa shape index (κ3) is 6.57. The normalized spacial score (nSPS) is 12.8. The van der Waals surface area contributed by atoms with E-state index in [4.69, 9.17) is 5.73 Å². The van der Waals surface area contributed by atoms with Gasteiger partial charge in [-0.1, -0.05) is 37.3 Å². The standard InChI is InChI=1S/C14H23N3O.2ClH/c1-11(9-15)14(18)16-10-13(17(2)3)12-7-5-4-6-8-12;;/h4-8,11,13H,9-10,15H2,1-3H3,(H,16,18);2*1H. The van der Waals surface area contributed by atoms with Crippen LogP contribution in [0.25, 0.3) is 0 Å². The van der Waals surface area contributed by atoms with Crippen molar-refractivity contribution in [3.05, 3.63) is 35.9 Å². The number of rotatable bonds is 6. The van der Waals surface area contributed by atoms with Gasteiger partial charge in [-0.05, 0) is 19.7 Å². The number of nitrogens with zero attached hydrogens (tertiary/aromatic N) is 1. The van der Waals surface area contributed by atoms with Gasteiger partial charge in [-0.15, -0.1) is 24.8 Å². The van der Waals surface area contributed by atoms with Gasteiger partial charge in [0.15, 0.2) is 0 Å². The molecule has 0 heterocycles. The summed E-state index contributed by atoms with van der Waals surface area (Å²) in [7, 11) is 4.02. The maximum Gasteiger partial charge on any atom is 0.224 e. The smallest absolute Gasteiger partial charge is 0.224 e. The highest BCUT2D eigenvalue weighted by Crippen LogP contribution is 2.16. The maximum absolute atomic E-state index is 11.7. The fraction of sp³-hybridized carbons (Fsp3) is 0.500. The molecule has 2 unspecified atom stereocenters. The van der Waals surface area contributed by atoms with Crippen LogP contribution in [0, 0.1) is 5.92 Å². The number of halogens is 2. The van der Waals surface area contributed by atoms with Gasteiger partial charge in [0.1, 0.15) is 0 Å². The first-order chi connectivity index (χ1) is 8.56. The lowest BCUT2D eigenvalue weighted by atomic mass is 10.1. The summed E-state index contributed by atoms with van der Waals surface area (Å²) in [4.78, 5) is 13.8.